The van der Waals surface area contributed by atoms with Crippen LogP contribution >= 0.6 is 11.3 Å². The summed E-state index contributed by atoms with van der Waals surface area (Å²) in [5.41, 5.74) is 1.06. The van der Waals surface area contributed by atoms with Gasteiger partial charge in [-0.05, 0) is 40.9 Å². The summed E-state index contributed by atoms with van der Waals surface area (Å²) in [4.78, 5) is 22.2. The van der Waals surface area contributed by atoms with Crippen LogP contribution in [0.2, 0.25) is 0 Å². The Balaban J connectivity index is 1.67. The number of likely N-dealkylation sites (tertiary alicyclic amines) is 1. The first-order valence-electron chi connectivity index (χ1n) is 7.54. The van der Waals surface area contributed by atoms with E-state index in [0.717, 1.165) is 30.3 Å². The van der Waals surface area contributed by atoms with Gasteiger partial charge in [-0.2, -0.15) is 0 Å². The quantitative estimate of drug-likeness (QED) is 0.863. The van der Waals surface area contributed by atoms with E-state index in [2.05, 4.69) is 41.1 Å². The summed E-state index contributed by atoms with van der Waals surface area (Å²) in [5, 5.41) is 3.96. The Morgan fingerprint density at radius 1 is 1.52 bits per heavy atom. The molecule has 0 unspecified atom stereocenters. The molecule has 0 aromatic carbocycles. The summed E-state index contributed by atoms with van der Waals surface area (Å²) in [5.74, 6) is 0.110. The number of aromatic nitrogens is 1. The first-order chi connectivity index (χ1) is 9.95. The van der Waals surface area contributed by atoms with Crippen LogP contribution in [0.1, 0.15) is 28.4 Å². The van der Waals surface area contributed by atoms with E-state index in [9.17, 15) is 4.79 Å². The number of carbonyl (C=O) groups excluding carboxylic acids is 1. The number of likely N-dealkylation sites (N-methyl/N-ethyl adjacent to an activating group) is 2. The molecule has 118 valence electrons. The van der Waals surface area contributed by atoms with Crippen molar-refractivity contribution >= 4 is 17.2 Å². The van der Waals surface area contributed by atoms with Crippen molar-refractivity contribution in [3.05, 3.63) is 15.6 Å². The van der Waals surface area contributed by atoms with Crippen LogP contribution in [0.15, 0.2) is 0 Å². The third-order valence-corrected chi connectivity index (χ3v) is 5.26. The van der Waals surface area contributed by atoms with E-state index in [1.54, 1.807) is 11.3 Å². The molecule has 0 bridgehead atoms. The molecule has 1 aliphatic heterocycles. The lowest BCUT2D eigenvalue weighted by atomic mass is 10.2. The predicted molar refractivity (Wildman–Crippen MR) is 86.6 cm³/mol. The van der Waals surface area contributed by atoms with Crippen molar-refractivity contribution in [3.63, 3.8) is 0 Å². The molecular formula is C15H26N4OS. The first-order valence-corrected chi connectivity index (χ1v) is 8.35. The minimum absolute atomic E-state index is 0.110. The van der Waals surface area contributed by atoms with Crippen LogP contribution in [-0.4, -0.2) is 60.5 Å². The molecule has 0 spiro atoms. The van der Waals surface area contributed by atoms with Crippen LogP contribution in [0.25, 0.3) is 0 Å². The molecule has 1 saturated heterocycles. The minimum atomic E-state index is 0.110. The van der Waals surface area contributed by atoms with Crippen molar-refractivity contribution in [1.82, 2.24) is 20.1 Å². The average molecular weight is 310 g/mol. The number of aryl methyl sites for hydroxylation is 2. The van der Waals surface area contributed by atoms with E-state index < -0.39 is 0 Å². The highest BCUT2D eigenvalue weighted by molar-refractivity contribution is 7.11. The van der Waals surface area contributed by atoms with E-state index in [0.29, 0.717) is 19.0 Å². The van der Waals surface area contributed by atoms with Gasteiger partial charge in [0.25, 0.3) is 0 Å². The molecule has 0 aliphatic carbocycles. The number of nitrogens with one attached hydrogen (secondary N) is 1. The van der Waals surface area contributed by atoms with Crippen LogP contribution in [0.5, 0.6) is 0 Å². The number of hydrogen-bond donors (Lipinski definition) is 1. The highest BCUT2D eigenvalue weighted by Crippen LogP contribution is 2.16. The maximum atomic E-state index is 11.9. The van der Waals surface area contributed by atoms with Gasteiger partial charge in [0.15, 0.2) is 0 Å². The monoisotopic (exact) mass is 310 g/mol. The maximum Gasteiger partial charge on any atom is 0.221 e. The zero-order valence-corrected chi connectivity index (χ0v) is 14.3. The van der Waals surface area contributed by atoms with Gasteiger partial charge < -0.3 is 15.1 Å². The Morgan fingerprint density at radius 3 is 2.86 bits per heavy atom. The number of amides is 1. The topological polar surface area (TPSA) is 48.5 Å². The maximum absolute atomic E-state index is 11.9. The summed E-state index contributed by atoms with van der Waals surface area (Å²) in [6, 6.07) is 0.590. The molecule has 1 atom stereocenters. The summed E-state index contributed by atoms with van der Waals surface area (Å²) in [6.45, 7) is 7.70. The second kappa shape index (κ2) is 7.33. The molecule has 1 fully saturated rings. The predicted octanol–water partition coefficient (Wildman–Crippen LogP) is 1.40. The lowest BCUT2D eigenvalue weighted by molar-refractivity contribution is -0.121. The first kappa shape index (κ1) is 16.4. The molecule has 2 rings (SSSR count). The molecule has 0 radical (unpaired) electrons. The van der Waals surface area contributed by atoms with E-state index in [4.69, 9.17) is 0 Å². The summed E-state index contributed by atoms with van der Waals surface area (Å²) in [7, 11) is 4.27. The average Bonchev–Trinajstić information content (AvgIpc) is 3.00. The second-order valence-corrected chi connectivity index (χ2v) is 7.25. The van der Waals surface area contributed by atoms with Crippen molar-refractivity contribution in [1.29, 1.82) is 0 Å². The van der Waals surface area contributed by atoms with Gasteiger partial charge in [0.05, 0.1) is 12.2 Å². The largest absolute Gasteiger partial charge is 0.350 e. The number of hydrogen-bond acceptors (Lipinski definition) is 5. The van der Waals surface area contributed by atoms with Gasteiger partial charge >= 0.3 is 0 Å². The van der Waals surface area contributed by atoms with Gasteiger partial charge in [0.1, 0.15) is 5.01 Å². The molecule has 21 heavy (non-hydrogen) atoms. The van der Waals surface area contributed by atoms with Crippen molar-refractivity contribution in [2.75, 3.05) is 33.7 Å². The van der Waals surface area contributed by atoms with Crippen LogP contribution in [-0.2, 0) is 11.3 Å². The zero-order valence-electron chi connectivity index (χ0n) is 13.5. The Bertz CT molecular complexity index is 469. The van der Waals surface area contributed by atoms with Gasteiger partial charge in [-0.3, -0.25) is 4.79 Å². The third-order valence-electron chi connectivity index (χ3n) is 4.19. The van der Waals surface area contributed by atoms with Gasteiger partial charge in [-0.25, -0.2) is 4.98 Å². The van der Waals surface area contributed by atoms with Crippen molar-refractivity contribution < 1.29 is 4.79 Å². The Hall–Kier alpha value is -0.980. The van der Waals surface area contributed by atoms with E-state index >= 15 is 0 Å². The molecule has 1 amide bonds. The van der Waals surface area contributed by atoms with E-state index in [1.807, 2.05) is 6.92 Å². The number of carbonyl (C=O) groups is 1. The molecule has 6 heteroatoms. The molecule has 1 N–H and O–H groups in total. The van der Waals surface area contributed by atoms with Crippen molar-refractivity contribution in [2.45, 2.75) is 39.3 Å². The van der Waals surface area contributed by atoms with Crippen LogP contribution in [0.4, 0.5) is 0 Å². The van der Waals surface area contributed by atoms with Gasteiger partial charge in [-0.15, -0.1) is 11.3 Å². The van der Waals surface area contributed by atoms with Gasteiger partial charge in [0.2, 0.25) is 5.91 Å². The lowest BCUT2D eigenvalue weighted by Crippen LogP contribution is -2.36. The number of thiazole rings is 1. The fraction of sp³-hybridized carbons (Fsp3) is 0.733. The number of rotatable bonds is 6. The van der Waals surface area contributed by atoms with Crippen LogP contribution in [0.3, 0.4) is 0 Å². The second-order valence-electron chi connectivity index (χ2n) is 5.96. The SMILES string of the molecule is Cc1nc(CNC(=O)CCN(C)[C@H]2CCN(C)C2)sc1C. The van der Waals surface area contributed by atoms with E-state index in [-0.39, 0.29) is 5.91 Å². The van der Waals surface area contributed by atoms with Crippen LogP contribution in [0, 0.1) is 13.8 Å². The molecule has 1 aromatic heterocycles. The van der Waals surface area contributed by atoms with Gasteiger partial charge in [0, 0.05) is 30.4 Å². The van der Waals surface area contributed by atoms with Gasteiger partial charge in [-0.1, -0.05) is 0 Å². The molecule has 5 nitrogen and oxygen atoms in total. The Labute approximate surface area is 131 Å². The smallest absolute Gasteiger partial charge is 0.221 e. The molecular weight excluding hydrogens is 284 g/mol. The molecule has 0 saturated carbocycles. The fourth-order valence-electron chi connectivity index (χ4n) is 2.61. The minimum Gasteiger partial charge on any atom is -0.350 e. The van der Waals surface area contributed by atoms with E-state index in [1.165, 1.54) is 11.3 Å². The molecule has 1 aliphatic rings. The lowest BCUT2D eigenvalue weighted by Gasteiger charge is -2.23. The van der Waals surface area contributed by atoms with Crippen molar-refractivity contribution in [3.8, 4) is 0 Å². The molecule has 1 aromatic rings. The third kappa shape index (κ3) is 4.76. The van der Waals surface area contributed by atoms with Crippen LogP contribution < -0.4 is 5.32 Å². The summed E-state index contributed by atoms with van der Waals surface area (Å²) in [6.07, 6.45) is 1.76. The highest BCUT2D eigenvalue weighted by atomic mass is 32.1. The Morgan fingerprint density at radius 2 is 2.29 bits per heavy atom. The normalized spacial score (nSPS) is 19.4. The Kier molecular flexibility index (Phi) is 5.72. The fourth-order valence-corrected chi connectivity index (χ4v) is 3.48. The summed E-state index contributed by atoms with van der Waals surface area (Å²) < 4.78 is 0. The number of nitrogens with zero attached hydrogens (tertiary/aromatic N) is 3. The van der Waals surface area contributed by atoms with Crippen molar-refractivity contribution in [2.24, 2.45) is 0 Å². The highest BCUT2D eigenvalue weighted by Gasteiger charge is 2.23. The summed E-state index contributed by atoms with van der Waals surface area (Å²) >= 11 is 1.66. The zero-order chi connectivity index (χ0) is 15.4. The standard InChI is InChI=1S/C15H26N4OS/c1-11-12(2)21-15(17-11)9-16-14(20)6-8-19(4)13-5-7-18(3)10-13/h13H,5-10H2,1-4H3,(H,16,20)/t13-/m0/s1. The molecule has 2 heterocycles.